The van der Waals surface area contributed by atoms with Crippen molar-refractivity contribution in [3.63, 3.8) is 0 Å². The standard InChI is InChI=1S/C16H18F3N5O2/c1-23-9-13(21-22-23)15(25)24-7-4-11(5-8-24)10-26-14-12(16(17,18)19)3-2-6-20-14/h2-3,6,9,11H,4-5,7-8,10H2,1H3. The molecule has 1 aliphatic rings. The van der Waals surface area contributed by atoms with Crippen molar-refractivity contribution in [1.29, 1.82) is 0 Å². The first-order valence-electron chi connectivity index (χ1n) is 8.15. The molecule has 0 atom stereocenters. The van der Waals surface area contributed by atoms with Gasteiger partial charge in [0.2, 0.25) is 5.88 Å². The first-order valence-corrected chi connectivity index (χ1v) is 8.15. The Morgan fingerprint density at radius 1 is 1.35 bits per heavy atom. The van der Waals surface area contributed by atoms with Crippen molar-refractivity contribution in [2.24, 2.45) is 13.0 Å². The van der Waals surface area contributed by atoms with Crippen LogP contribution < -0.4 is 4.74 Å². The smallest absolute Gasteiger partial charge is 0.421 e. The Balaban J connectivity index is 1.53. The number of hydrogen-bond donors (Lipinski definition) is 0. The van der Waals surface area contributed by atoms with Gasteiger partial charge in [-0.1, -0.05) is 5.21 Å². The third kappa shape index (κ3) is 4.12. The minimum Gasteiger partial charge on any atom is -0.477 e. The van der Waals surface area contributed by atoms with Gasteiger partial charge in [-0.3, -0.25) is 9.48 Å². The summed E-state index contributed by atoms with van der Waals surface area (Å²) in [5.41, 5.74) is -0.597. The lowest BCUT2D eigenvalue weighted by molar-refractivity contribution is -0.139. The van der Waals surface area contributed by atoms with Gasteiger partial charge < -0.3 is 9.64 Å². The first-order chi connectivity index (χ1) is 12.3. The Labute approximate surface area is 147 Å². The molecule has 1 aliphatic heterocycles. The Bertz CT molecular complexity index is 769. The molecule has 0 aromatic carbocycles. The lowest BCUT2D eigenvalue weighted by atomic mass is 9.97. The molecule has 3 rings (SSSR count). The van der Waals surface area contributed by atoms with E-state index in [4.69, 9.17) is 4.74 Å². The highest BCUT2D eigenvalue weighted by Crippen LogP contribution is 2.35. The van der Waals surface area contributed by atoms with Crippen LogP contribution in [0.3, 0.4) is 0 Å². The molecule has 0 aliphatic carbocycles. The SMILES string of the molecule is Cn1cc(C(=O)N2CCC(COc3ncccc3C(F)(F)F)CC2)nn1. The van der Waals surface area contributed by atoms with Crippen molar-refractivity contribution in [1.82, 2.24) is 24.9 Å². The van der Waals surface area contributed by atoms with E-state index in [1.54, 1.807) is 18.1 Å². The number of ether oxygens (including phenoxy) is 1. The van der Waals surface area contributed by atoms with Gasteiger partial charge in [-0.25, -0.2) is 4.98 Å². The van der Waals surface area contributed by atoms with E-state index in [1.807, 2.05) is 0 Å². The van der Waals surface area contributed by atoms with Gasteiger partial charge in [0.15, 0.2) is 5.69 Å². The average molecular weight is 369 g/mol. The maximum Gasteiger partial charge on any atom is 0.421 e. The largest absolute Gasteiger partial charge is 0.477 e. The number of rotatable bonds is 4. The Hall–Kier alpha value is -2.65. The number of carbonyl (C=O) groups excluding carboxylic acids is 1. The summed E-state index contributed by atoms with van der Waals surface area (Å²) in [4.78, 5) is 17.7. The maximum absolute atomic E-state index is 12.9. The number of aryl methyl sites for hydroxylation is 1. The van der Waals surface area contributed by atoms with E-state index in [9.17, 15) is 18.0 Å². The van der Waals surface area contributed by atoms with E-state index in [0.29, 0.717) is 25.9 Å². The van der Waals surface area contributed by atoms with E-state index in [1.165, 1.54) is 16.9 Å². The number of likely N-dealkylation sites (tertiary alicyclic amines) is 1. The molecule has 0 unspecified atom stereocenters. The van der Waals surface area contributed by atoms with Crippen LogP contribution in [0.5, 0.6) is 5.88 Å². The molecule has 1 amide bonds. The number of amides is 1. The highest BCUT2D eigenvalue weighted by Gasteiger charge is 2.35. The molecule has 0 N–H and O–H groups in total. The number of piperidine rings is 1. The number of pyridine rings is 1. The maximum atomic E-state index is 12.9. The van der Waals surface area contributed by atoms with Gasteiger partial charge in [0.25, 0.3) is 5.91 Å². The molecule has 1 saturated heterocycles. The van der Waals surface area contributed by atoms with E-state index in [0.717, 1.165) is 6.07 Å². The van der Waals surface area contributed by atoms with Gasteiger partial charge in [-0.05, 0) is 30.9 Å². The Kier molecular flexibility index (Phi) is 5.10. The minimum absolute atomic E-state index is 0.0593. The summed E-state index contributed by atoms with van der Waals surface area (Å²) in [5, 5.41) is 7.54. The van der Waals surface area contributed by atoms with Crippen molar-refractivity contribution in [3.05, 3.63) is 35.8 Å². The molecule has 26 heavy (non-hydrogen) atoms. The zero-order valence-electron chi connectivity index (χ0n) is 14.1. The molecule has 0 spiro atoms. The van der Waals surface area contributed by atoms with E-state index in [2.05, 4.69) is 15.3 Å². The van der Waals surface area contributed by atoms with Gasteiger partial charge in [0.05, 0.1) is 12.8 Å². The summed E-state index contributed by atoms with van der Waals surface area (Å²) in [6.45, 7) is 1.13. The third-order valence-corrected chi connectivity index (χ3v) is 4.26. The van der Waals surface area contributed by atoms with Crippen LogP contribution >= 0.6 is 0 Å². The number of aromatic nitrogens is 4. The minimum atomic E-state index is -4.50. The molecule has 2 aromatic heterocycles. The quantitative estimate of drug-likeness (QED) is 0.826. The fraction of sp³-hybridized carbons (Fsp3) is 0.500. The van der Waals surface area contributed by atoms with Crippen LogP contribution in [0.4, 0.5) is 13.2 Å². The van der Waals surface area contributed by atoms with Crippen molar-refractivity contribution in [2.45, 2.75) is 19.0 Å². The third-order valence-electron chi connectivity index (χ3n) is 4.26. The predicted molar refractivity (Wildman–Crippen MR) is 84.4 cm³/mol. The number of carbonyl (C=O) groups is 1. The monoisotopic (exact) mass is 369 g/mol. The average Bonchev–Trinajstić information content (AvgIpc) is 3.06. The topological polar surface area (TPSA) is 73.1 Å². The second-order valence-electron chi connectivity index (χ2n) is 6.18. The van der Waals surface area contributed by atoms with E-state index in [-0.39, 0.29) is 24.1 Å². The summed E-state index contributed by atoms with van der Waals surface area (Å²) in [6.07, 6.45) is -0.402. The second-order valence-corrected chi connectivity index (χ2v) is 6.18. The zero-order valence-corrected chi connectivity index (χ0v) is 14.1. The summed E-state index contributed by atoms with van der Waals surface area (Å²) in [6, 6.07) is 2.18. The van der Waals surface area contributed by atoms with Crippen molar-refractivity contribution in [2.75, 3.05) is 19.7 Å². The lowest BCUT2D eigenvalue weighted by Crippen LogP contribution is -2.40. The van der Waals surface area contributed by atoms with Crippen LogP contribution in [-0.2, 0) is 13.2 Å². The van der Waals surface area contributed by atoms with Crippen LogP contribution in [-0.4, -0.2) is 50.5 Å². The molecule has 0 bridgehead atoms. The molecule has 0 saturated carbocycles. The van der Waals surface area contributed by atoms with E-state index < -0.39 is 17.6 Å². The molecule has 140 valence electrons. The van der Waals surface area contributed by atoms with Crippen LogP contribution in [0.25, 0.3) is 0 Å². The Morgan fingerprint density at radius 3 is 2.69 bits per heavy atom. The number of halogens is 3. The highest BCUT2D eigenvalue weighted by atomic mass is 19.4. The molecule has 0 radical (unpaired) electrons. The fourth-order valence-electron chi connectivity index (χ4n) is 2.83. The molecule has 3 heterocycles. The van der Waals surface area contributed by atoms with Gasteiger partial charge in [-0.2, -0.15) is 13.2 Å². The van der Waals surface area contributed by atoms with Crippen LogP contribution in [0.2, 0.25) is 0 Å². The summed E-state index contributed by atoms with van der Waals surface area (Å²) >= 11 is 0. The highest BCUT2D eigenvalue weighted by molar-refractivity contribution is 5.91. The van der Waals surface area contributed by atoms with Crippen LogP contribution in [0, 0.1) is 5.92 Å². The molecular formula is C16H18F3N5O2. The summed E-state index contributed by atoms with van der Waals surface area (Å²) in [7, 11) is 1.68. The fourth-order valence-corrected chi connectivity index (χ4v) is 2.83. The Morgan fingerprint density at radius 2 is 2.08 bits per heavy atom. The molecule has 7 nitrogen and oxygen atoms in total. The van der Waals surface area contributed by atoms with Gasteiger partial charge in [0.1, 0.15) is 5.56 Å². The van der Waals surface area contributed by atoms with E-state index >= 15 is 0 Å². The molecule has 2 aromatic rings. The number of nitrogens with zero attached hydrogens (tertiary/aromatic N) is 5. The van der Waals surface area contributed by atoms with Crippen LogP contribution in [0.1, 0.15) is 28.9 Å². The van der Waals surface area contributed by atoms with Gasteiger partial charge in [-0.15, -0.1) is 5.10 Å². The summed E-state index contributed by atoms with van der Waals surface area (Å²) < 4.78 is 45.6. The molecule has 1 fully saturated rings. The van der Waals surface area contributed by atoms with Crippen molar-refractivity contribution < 1.29 is 22.7 Å². The van der Waals surface area contributed by atoms with Crippen LogP contribution in [0.15, 0.2) is 24.5 Å². The van der Waals surface area contributed by atoms with Crippen molar-refractivity contribution >= 4 is 5.91 Å². The first kappa shape index (κ1) is 18.2. The second kappa shape index (κ2) is 7.30. The number of hydrogen-bond acceptors (Lipinski definition) is 5. The van der Waals surface area contributed by atoms with Gasteiger partial charge in [0, 0.05) is 26.3 Å². The molecule has 10 heteroatoms. The summed E-state index contributed by atoms with van der Waals surface area (Å²) in [5.74, 6) is -0.538. The zero-order chi connectivity index (χ0) is 18.7. The number of alkyl halides is 3. The van der Waals surface area contributed by atoms with Gasteiger partial charge >= 0.3 is 6.18 Å². The lowest BCUT2D eigenvalue weighted by Gasteiger charge is -2.31. The van der Waals surface area contributed by atoms with Crippen molar-refractivity contribution in [3.8, 4) is 5.88 Å². The normalized spacial score (nSPS) is 15.9. The predicted octanol–water partition coefficient (Wildman–Crippen LogP) is 2.16. The molecular weight excluding hydrogens is 351 g/mol.